The standard InChI is InChI=1S/C9H16N2O6.C6H13NO2/c1-4(7(11)8(14)15)17-9(16)5(10)2-3-6(12)13;1-4(2)3-5(7)6(8)9/h4-5,7H,2-3,10-11H2,1H3,(H,12,13)(H,14,15);4-5H,3,7H2,1-2H3,(H,8,9)/t4-,5+,7+;5-/m10/s1. The summed E-state index contributed by atoms with van der Waals surface area (Å²) in [5, 5.41) is 25.2. The highest BCUT2D eigenvalue weighted by Crippen LogP contribution is 2.03. The van der Waals surface area contributed by atoms with Gasteiger partial charge in [0.2, 0.25) is 0 Å². The largest absolute Gasteiger partial charge is 0.481 e. The Labute approximate surface area is 151 Å². The van der Waals surface area contributed by atoms with Crippen molar-refractivity contribution < 1.29 is 39.2 Å². The van der Waals surface area contributed by atoms with Crippen LogP contribution in [0.5, 0.6) is 0 Å². The van der Waals surface area contributed by atoms with Crippen LogP contribution in [0.4, 0.5) is 0 Å². The molecule has 0 saturated carbocycles. The van der Waals surface area contributed by atoms with Gasteiger partial charge in [-0.25, -0.2) is 0 Å². The summed E-state index contributed by atoms with van der Waals surface area (Å²) in [6.07, 6.45) is -0.829. The highest BCUT2D eigenvalue weighted by Gasteiger charge is 2.26. The van der Waals surface area contributed by atoms with Gasteiger partial charge in [0.1, 0.15) is 24.2 Å². The second kappa shape index (κ2) is 13.0. The number of esters is 1. The Bertz CT molecular complexity index is 484. The van der Waals surface area contributed by atoms with Crippen LogP contribution < -0.4 is 17.2 Å². The van der Waals surface area contributed by atoms with E-state index in [0.717, 1.165) is 0 Å². The highest BCUT2D eigenvalue weighted by molar-refractivity contribution is 5.78. The predicted octanol–water partition coefficient (Wildman–Crippen LogP) is -1.03. The van der Waals surface area contributed by atoms with Crippen molar-refractivity contribution in [3.05, 3.63) is 0 Å². The number of hydrogen-bond acceptors (Lipinski definition) is 8. The Morgan fingerprint density at radius 3 is 1.69 bits per heavy atom. The minimum absolute atomic E-state index is 0.0802. The third-order valence-electron chi connectivity index (χ3n) is 3.11. The maximum absolute atomic E-state index is 11.3. The number of carbonyl (C=O) groups is 4. The van der Waals surface area contributed by atoms with Crippen LogP contribution in [0.1, 0.15) is 40.0 Å². The summed E-state index contributed by atoms with van der Waals surface area (Å²) in [4.78, 5) is 42.1. The average Bonchev–Trinajstić information content (AvgIpc) is 2.51. The second-order valence-electron chi connectivity index (χ2n) is 6.12. The normalized spacial score (nSPS) is 15.0. The van der Waals surface area contributed by atoms with Crippen molar-refractivity contribution in [3.8, 4) is 0 Å². The summed E-state index contributed by atoms with van der Waals surface area (Å²) in [6, 6.07) is -3.13. The van der Waals surface area contributed by atoms with E-state index in [4.69, 9.17) is 37.3 Å². The number of hydrogen-bond donors (Lipinski definition) is 6. The van der Waals surface area contributed by atoms with Crippen LogP contribution >= 0.6 is 0 Å². The summed E-state index contributed by atoms with van der Waals surface area (Å²) in [5.41, 5.74) is 15.8. The smallest absolute Gasteiger partial charge is 0.324 e. The Balaban J connectivity index is 0. The molecular formula is C15H29N3O8. The van der Waals surface area contributed by atoms with Crippen LogP contribution in [0.15, 0.2) is 0 Å². The van der Waals surface area contributed by atoms with Gasteiger partial charge in [0.15, 0.2) is 0 Å². The Kier molecular flexibility index (Phi) is 13.0. The van der Waals surface area contributed by atoms with Crippen LogP contribution in [0, 0.1) is 5.92 Å². The summed E-state index contributed by atoms with van der Waals surface area (Å²) < 4.78 is 4.70. The minimum atomic E-state index is -1.34. The monoisotopic (exact) mass is 379 g/mol. The molecule has 11 nitrogen and oxygen atoms in total. The Morgan fingerprint density at radius 2 is 1.38 bits per heavy atom. The molecule has 0 aliphatic carbocycles. The molecule has 11 heteroatoms. The van der Waals surface area contributed by atoms with Gasteiger partial charge in [-0.15, -0.1) is 0 Å². The third-order valence-corrected chi connectivity index (χ3v) is 3.11. The fraction of sp³-hybridized carbons (Fsp3) is 0.733. The van der Waals surface area contributed by atoms with Gasteiger partial charge in [0.25, 0.3) is 0 Å². The summed E-state index contributed by atoms with van der Waals surface area (Å²) in [5.74, 6) is -3.80. The van der Waals surface area contributed by atoms with Gasteiger partial charge in [-0.2, -0.15) is 0 Å². The molecule has 0 spiro atoms. The molecule has 0 aromatic rings. The van der Waals surface area contributed by atoms with E-state index in [1.165, 1.54) is 6.92 Å². The molecule has 4 atom stereocenters. The molecule has 0 radical (unpaired) electrons. The molecule has 152 valence electrons. The summed E-state index contributed by atoms with van der Waals surface area (Å²) >= 11 is 0. The van der Waals surface area contributed by atoms with E-state index in [2.05, 4.69) is 0 Å². The van der Waals surface area contributed by atoms with Crippen molar-refractivity contribution in [1.29, 1.82) is 0 Å². The lowest BCUT2D eigenvalue weighted by molar-refractivity contribution is -0.155. The van der Waals surface area contributed by atoms with Gasteiger partial charge in [0.05, 0.1) is 0 Å². The van der Waals surface area contributed by atoms with Crippen LogP contribution in [-0.2, 0) is 23.9 Å². The molecule has 26 heavy (non-hydrogen) atoms. The van der Waals surface area contributed by atoms with Crippen LogP contribution in [0.3, 0.4) is 0 Å². The van der Waals surface area contributed by atoms with Crippen molar-refractivity contribution in [2.45, 2.75) is 64.3 Å². The average molecular weight is 379 g/mol. The lowest BCUT2D eigenvalue weighted by Crippen LogP contribution is -2.45. The summed E-state index contributed by atoms with van der Waals surface area (Å²) in [6.45, 7) is 5.21. The van der Waals surface area contributed by atoms with E-state index >= 15 is 0 Å². The topological polar surface area (TPSA) is 216 Å². The van der Waals surface area contributed by atoms with E-state index < -0.39 is 48.1 Å². The summed E-state index contributed by atoms with van der Waals surface area (Å²) in [7, 11) is 0. The maximum Gasteiger partial charge on any atom is 0.324 e. The molecule has 0 bridgehead atoms. The van der Waals surface area contributed by atoms with E-state index in [9.17, 15) is 19.2 Å². The Hall–Kier alpha value is -2.24. The number of ether oxygens (including phenoxy) is 1. The number of carboxylic acid groups (broad SMARTS) is 3. The van der Waals surface area contributed by atoms with Gasteiger partial charge >= 0.3 is 23.9 Å². The van der Waals surface area contributed by atoms with Crippen molar-refractivity contribution in [2.75, 3.05) is 0 Å². The fourth-order valence-electron chi connectivity index (χ4n) is 1.55. The van der Waals surface area contributed by atoms with Gasteiger partial charge < -0.3 is 37.3 Å². The van der Waals surface area contributed by atoms with Gasteiger partial charge in [-0.05, 0) is 25.7 Å². The number of carboxylic acids is 3. The number of nitrogens with two attached hydrogens (primary N) is 3. The number of aliphatic carboxylic acids is 3. The molecule has 0 unspecified atom stereocenters. The quantitative estimate of drug-likeness (QED) is 0.252. The van der Waals surface area contributed by atoms with E-state index in [1.54, 1.807) is 0 Å². The third kappa shape index (κ3) is 13.1. The van der Waals surface area contributed by atoms with Gasteiger partial charge in [-0.1, -0.05) is 13.8 Å². The molecule has 9 N–H and O–H groups in total. The van der Waals surface area contributed by atoms with Crippen molar-refractivity contribution in [1.82, 2.24) is 0 Å². The molecule has 0 aliphatic heterocycles. The zero-order valence-electron chi connectivity index (χ0n) is 15.1. The first-order valence-electron chi connectivity index (χ1n) is 7.94. The molecule has 0 aromatic heterocycles. The van der Waals surface area contributed by atoms with Crippen LogP contribution in [0.2, 0.25) is 0 Å². The molecule has 0 rings (SSSR count). The molecule has 0 heterocycles. The van der Waals surface area contributed by atoms with Gasteiger partial charge in [-0.3, -0.25) is 19.2 Å². The predicted molar refractivity (Wildman–Crippen MR) is 91.1 cm³/mol. The first-order chi connectivity index (χ1) is 11.8. The van der Waals surface area contributed by atoms with E-state index in [1.807, 2.05) is 13.8 Å². The number of rotatable bonds is 10. The zero-order chi connectivity index (χ0) is 21.0. The second-order valence-corrected chi connectivity index (χ2v) is 6.12. The SMILES string of the molecule is CC(C)C[C@H](N)C(=O)O.C[C@@H](OC(=O)[C@@H](N)CCC(=O)O)[C@H](N)C(=O)O. The molecule has 0 aromatic carbocycles. The zero-order valence-corrected chi connectivity index (χ0v) is 15.1. The van der Waals surface area contributed by atoms with Crippen molar-refractivity contribution in [2.24, 2.45) is 23.1 Å². The number of carbonyl (C=O) groups excluding carboxylic acids is 1. The van der Waals surface area contributed by atoms with Gasteiger partial charge in [0, 0.05) is 6.42 Å². The van der Waals surface area contributed by atoms with Crippen molar-refractivity contribution >= 4 is 23.9 Å². The Morgan fingerprint density at radius 1 is 0.885 bits per heavy atom. The molecule has 0 fully saturated rings. The first-order valence-corrected chi connectivity index (χ1v) is 7.94. The van der Waals surface area contributed by atoms with Crippen LogP contribution in [0.25, 0.3) is 0 Å². The lowest BCUT2D eigenvalue weighted by Gasteiger charge is -2.19. The van der Waals surface area contributed by atoms with Crippen LogP contribution in [-0.4, -0.2) is 63.4 Å². The molecule has 0 aliphatic rings. The van der Waals surface area contributed by atoms with E-state index in [0.29, 0.717) is 12.3 Å². The lowest BCUT2D eigenvalue weighted by atomic mass is 10.1. The first kappa shape index (κ1) is 26.0. The minimum Gasteiger partial charge on any atom is -0.481 e. The molecular weight excluding hydrogens is 350 g/mol. The van der Waals surface area contributed by atoms with Crippen molar-refractivity contribution in [3.63, 3.8) is 0 Å². The van der Waals surface area contributed by atoms with E-state index in [-0.39, 0.29) is 12.8 Å². The molecule has 0 amide bonds. The molecule has 0 saturated heterocycles. The highest BCUT2D eigenvalue weighted by atomic mass is 16.5. The maximum atomic E-state index is 11.3. The fourth-order valence-corrected chi connectivity index (χ4v) is 1.55.